The summed E-state index contributed by atoms with van der Waals surface area (Å²) < 4.78 is 27.3. The number of hydrogen-bond acceptors (Lipinski definition) is 10. The smallest absolute Gasteiger partial charge is 0.329 e. The van der Waals surface area contributed by atoms with Crippen molar-refractivity contribution >= 4 is 23.8 Å². The van der Waals surface area contributed by atoms with Crippen LogP contribution in [-0.4, -0.2) is 61.0 Å². The van der Waals surface area contributed by atoms with Crippen LogP contribution < -0.4 is 14.8 Å². The second kappa shape index (κ2) is 14.9. The Morgan fingerprint density at radius 3 is 2.50 bits per heavy atom. The quantitative estimate of drug-likeness (QED) is 0.253. The molecule has 1 aromatic rings. The van der Waals surface area contributed by atoms with Crippen LogP contribution in [0.1, 0.15) is 89.5 Å². The van der Waals surface area contributed by atoms with Crippen molar-refractivity contribution in [2.75, 3.05) is 13.9 Å². The van der Waals surface area contributed by atoms with Gasteiger partial charge in [0.05, 0.1) is 13.0 Å². The highest BCUT2D eigenvalue weighted by Gasteiger charge is 2.38. The number of rotatable bonds is 10. The number of carbonyl (C=O) groups is 4. The Morgan fingerprint density at radius 1 is 1.12 bits per heavy atom. The Labute approximate surface area is 235 Å². The maximum absolute atomic E-state index is 13.3. The van der Waals surface area contributed by atoms with Crippen molar-refractivity contribution in [2.24, 2.45) is 17.8 Å². The van der Waals surface area contributed by atoms with E-state index in [0.29, 0.717) is 18.8 Å². The first kappa shape index (κ1) is 31.2. The van der Waals surface area contributed by atoms with E-state index in [2.05, 4.69) is 10.3 Å². The van der Waals surface area contributed by atoms with Gasteiger partial charge in [0.25, 0.3) is 5.91 Å². The van der Waals surface area contributed by atoms with Gasteiger partial charge in [-0.1, -0.05) is 46.0 Å². The van der Waals surface area contributed by atoms with Gasteiger partial charge in [0.1, 0.15) is 18.2 Å². The molecule has 11 nitrogen and oxygen atoms in total. The number of carbonyl (C=O) groups excluding carboxylic acids is 4. The van der Waals surface area contributed by atoms with Crippen LogP contribution in [0.4, 0.5) is 0 Å². The molecule has 222 valence electrons. The van der Waals surface area contributed by atoms with Crippen molar-refractivity contribution in [3.8, 4) is 11.5 Å². The number of ether oxygens (including phenoxy) is 5. The summed E-state index contributed by atoms with van der Waals surface area (Å²) in [5, 5.41) is 2.73. The highest BCUT2D eigenvalue weighted by atomic mass is 16.7. The Hall–Kier alpha value is -3.37. The van der Waals surface area contributed by atoms with Crippen molar-refractivity contribution in [1.82, 2.24) is 10.3 Å². The zero-order valence-electron chi connectivity index (χ0n) is 24.1. The molecule has 1 saturated carbocycles. The number of pyridine rings is 1. The Balaban J connectivity index is 1.78. The number of nitrogens with zero attached hydrogens (tertiary/aromatic N) is 1. The zero-order chi connectivity index (χ0) is 29.2. The summed E-state index contributed by atoms with van der Waals surface area (Å²) in [6.07, 6.45) is 7.46. The maximum Gasteiger partial charge on any atom is 0.329 e. The fourth-order valence-electron chi connectivity index (χ4n) is 5.39. The summed E-state index contributed by atoms with van der Waals surface area (Å²) in [5.74, 6) is -1.66. The summed E-state index contributed by atoms with van der Waals surface area (Å²) in [5.41, 5.74) is -0.130. The van der Waals surface area contributed by atoms with E-state index in [1.54, 1.807) is 20.8 Å². The third-order valence-electron chi connectivity index (χ3n) is 7.49. The van der Waals surface area contributed by atoms with E-state index in [1.165, 1.54) is 39.1 Å². The molecule has 0 bridgehead atoms. The van der Waals surface area contributed by atoms with Crippen LogP contribution in [0.5, 0.6) is 11.5 Å². The van der Waals surface area contributed by atoms with E-state index in [4.69, 9.17) is 23.7 Å². The van der Waals surface area contributed by atoms with E-state index in [0.717, 1.165) is 25.7 Å². The summed E-state index contributed by atoms with van der Waals surface area (Å²) in [6.45, 7) is 6.09. The molecule has 0 aromatic carbocycles. The van der Waals surface area contributed by atoms with Crippen molar-refractivity contribution in [1.29, 1.82) is 0 Å². The van der Waals surface area contributed by atoms with Gasteiger partial charge >= 0.3 is 17.9 Å². The number of amides is 1. The molecule has 2 aliphatic rings. The first-order chi connectivity index (χ1) is 19.1. The lowest BCUT2D eigenvalue weighted by molar-refractivity contribution is -0.174. The molecule has 1 aliphatic carbocycles. The third-order valence-corrected chi connectivity index (χ3v) is 7.49. The van der Waals surface area contributed by atoms with Gasteiger partial charge in [0, 0.05) is 19.2 Å². The lowest BCUT2D eigenvalue weighted by Crippen LogP contribution is -2.45. The van der Waals surface area contributed by atoms with Gasteiger partial charge in [-0.05, 0) is 38.0 Å². The molecule has 11 heteroatoms. The van der Waals surface area contributed by atoms with Gasteiger partial charge in [0.15, 0.2) is 17.2 Å². The minimum atomic E-state index is -0.948. The molecule has 3 rings (SSSR count). The van der Waals surface area contributed by atoms with Crippen LogP contribution in [0, 0.1) is 17.8 Å². The highest BCUT2D eigenvalue weighted by Crippen LogP contribution is 2.36. The molecule has 1 saturated heterocycles. The summed E-state index contributed by atoms with van der Waals surface area (Å²) in [4.78, 5) is 54.4. The lowest BCUT2D eigenvalue weighted by atomic mass is 9.83. The Morgan fingerprint density at radius 2 is 1.85 bits per heavy atom. The monoisotopic (exact) mass is 562 g/mol. The molecule has 0 spiro atoms. The Kier molecular flexibility index (Phi) is 11.6. The average Bonchev–Trinajstić information content (AvgIpc) is 3.43. The van der Waals surface area contributed by atoms with Gasteiger partial charge in [-0.3, -0.25) is 14.4 Å². The molecule has 40 heavy (non-hydrogen) atoms. The topological polar surface area (TPSA) is 139 Å². The van der Waals surface area contributed by atoms with Gasteiger partial charge in [-0.25, -0.2) is 9.78 Å². The lowest BCUT2D eigenvalue weighted by Gasteiger charge is -2.32. The number of esters is 3. The van der Waals surface area contributed by atoms with E-state index < -0.39 is 42.9 Å². The number of hydrogen-bond donors (Lipinski definition) is 1. The van der Waals surface area contributed by atoms with Crippen LogP contribution in [-0.2, 0) is 28.6 Å². The van der Waals surface area contributed by atoms with Gasteiger partial charge in [-0.15, -0.1) is 0 Å². The van der Waals surface area contributed by atoms with E-state index in [-0.39, 0.29) is 35.0 Å². The molecule has 1 aliphatic heterocycles. The van der Waals surface area contributed by atoms with Gasteiger partial charge in [-0.2, -0.15) is 0 Å². The molecular weight excluding hydrogens is 520 g/mol. The fourth-order valence-corrected chi connectivity index (χ4v) is 5.39. The van der Waals surface area contributed by atoms with Crippen molar-refractivity contribution in [3.05, 3.63) is 18.0 Å². The second-order valence-corrected chi connectivity index (χ2v) is 10.9. The standard InChI is InChI=1S/C29H42N2O9/c1-17(2)28(34)40-25-18(3)39-29(35)22(12-8-11-21(25)15-20-9-6-7-10-20)31-27(33)24-26(38-16-37-19(4)32)23(36-5)13-14-30-24/h13-14,17-18,20-22,25H,6-12,15-16H2,1-5H3,(H,31,33)/t18-,21+,22-,25-/m0/s1. The summed E-state index contributed by atoms with van der Waals surface area (Å²) >= 11 is 0. The number of methoxy groups -OCH3 is 1. The first-order valence-corrected chi connectivity index (χ1v) is 14.1. The first-order valence-electron chi connectivity index (χ1n) is 14.1. The highest BCUT2D eigenvalue weighted by molar-refractivity contribution is 5.98. The molecule has 0 unspecified atom stereocenters. The number of aromatic nitrogens is 1. The van der Waals surface area contributed by atoms with E-state index >= 15 is 0 Å². The predicted molar refractivity (Wildman–Crippen MR) is 143 cm³/mol. The molecule has 2 fully saturated rings. The minimum Gasteiger partial charge on any atom is -0.493 e. The molecule has 0 radical (unpaired) electrons. The zero-order valence-corrected chi connectivity index (χ0v) is 24.1. The van der Waals surface area contributed by atoms with Gasteiger partial charge < -0.3 is 29.0 Å². The molecular formula is C29H42N2O9. The van der Waals surface area contributed by atoms with Crippen molar-refractivity contribution in [3.63, 3.8) is 0 Å². The van der Waals surface area contributed by atoms with Crippen LogP contribution in [0.2, 0.25) is 0 Å². The van der Waals surface area contributed by atoms with Crippen molar-refractivity contribution in [2.45, 2.75) is 97.3 Å². The normalized spacial score (nSPS) is 23.8. The summed E-state index contributed by atoms with van der Waals surface area (Å²) in [7, 11) is 1.40. The predicted octanol–water partition coefficient (Wildman–Crippen LogP) is 3.97. The SMILES string of the molecule is COc1ccnc(C(=O)N[C@H]2CCC[C@H](CC3CCCC3)[C@@H](OC(=O)C(C)C)[C@H](C)OC2=O)c1OCOC(C)=O. The molecule has 1 N–H and O–H groups in total. The van der Waals surface area contributed by atoms with Crippen LogP contribution in [0.15, 0.2) is 12.3 Å². The maximum atomic E-state index is 13.3. The molecule has 1 amide bonds. The van der Waals surface area contributed by atoms with E-state index in [1.807, 2.05) is 0 Å². The molecule has 1 aromatic heterocycles. The fraction of sp³-hybridized carbons (Fsp3) is 0.690. The van der Waals surface area contributed by atoms with Crippen molar-refractivity contribution < 1.29 is 42.9 Å². The minimum absolute atomic E-state index is 0.0224. The second-order valence-electron chi connectivity index (χ2n) is 10.9. The largest absolute Gasteiger partial charge is 0.493 e. The number of nitrogens with one attached hydrogen (secondary N) is 1. The van der Waals surface area contributed by atoms with Crippen LogP contribution in [0.3, 0.4) is 0 Å². The molecule has 2 heterocycles. The molecule has 4 atom stereocenters. The average molecular weight is 563 g/mol. The van der Waals surface area contributed by atoms with Crippen LogP contribution in [0.25, 0.3) is 0 Å². The van der Waals surface area contributed by atoms with Gasteiger partial charge in [0.2, 0.25) is 6.79 Å². The van der Waals surface area contributed by atoms with Crippen LogP contribution >= 0.6 is 0 Å². The summed E-state index contributed by atoms with van der Waals surface area (Å²) in [6, 6.07) is 0.551. The Bertz CT molecular complexity index is 1040. The van der Waals surface area contributed by atoms with E-state index in [9.17, 15) is 19.2 Å². The third kappa shape index (κ3) is 8.56. The number of cyclic esters (lactones) is 1.